The van der Waals surface area contributed by atoms with Gasteiger partial charge in [0.1, 0.15) is 0 Å². The van der Waals surface area contributed by atoms with Crippen LogP contribution in [0.3, 0.4) is 0 Å². The summed E-state index contributed by atoms with van der Waals surface area (Å²) in [5.41, 5.74) is 2.25. The lowest BCUT2D eigenvalue weighted by atomic mass is 9.88. The molecule has 3 aromatic carbocycles. The molecule has 1 amide bonds. The van der Waals surface area contributed by atoms with Gasteiger partial charge in [-0.3, -0.25) is 9.69 Å². The van der Waals surface area contributed by atoms with E-state index in [-0.39, 0.29) is 11.8 Å². The quantitative estimate of drug-likeness (QED) is 0.513. The molecule has 0 bridgehead atoms. The van der Waals surface area contributed by atoms with Crippen LogP contribution >= 0.6 is 0 Å². The average Bonchev–Trinajstić information content (AvgIpc) is 2.89. The number of hydrogen-bond acceptors (Lipinski definition) is 4. The molecule has 0 aliphatic carbocycles. The summed E-state index contributed by atoms with van der Waals surface area (Å²) in [5.74, 6) is 0.0251. The first-order chi connectivity index (χ1) is 16.5. The average molecular weight is 478 g/mol. The van der Waals surface area contributed by atoms with Gasteiger partial charge in [0.15, 0.2) is 0 Å². The molecule has 0 radical (unpaired) electrons. The highest BCUT2D eigenvalue weighted by Crippen LogP contribution is 2.27. The van der Waals surface area contributed by atoms with E-state index in [9.17, 15) is 13.2 Å². The molecule has 178 valence electrons. The molecule has 1 N–H and O–H groups in total. The second-order valence-electron chi connectivity index (χ2n) is 8.49. The Labute approximate surface area is 202 Å². The largest absolute Gasteiger partial charge is 0.355 e. The Balaban J connectivity index is 1.26. The number of nitrogens with one attached hydrogen (secondary N) is 1. The van der Waals surface area contributed by atoms with Gasteiger partial charge in [-0.2, -0.15) is 4.31 Å². The van der Waals surface area contributed by atoms with Crippen LogP contribution in [0.5, 0.6) is 0 Å². The van der Waals surface area contributed by atoms with Crippen LogP contribution in [0.1, 0.15) is 23.5 Å². The molecule has 7 heteroatoms. The number of hydrogen-bond donors (Lipinski definition) is 1. The SMILES string of the molecule is O=C(CC(c1ccccc1)c1ccccc1)NCCN1CCN(S(=O)(=O)c2ccccc2)CC1. The number of benzene rings is 3. The number of nitrogens with zero attached hydrogens (tertiary/aromatic N) is 2. The molecule has 34 heavy (non-hydrogen) atoms. The van der Waals surface area contributed by atoms with E-state index in [1.807, 2.05) is 42.5 Å². The fourth-order valence-electron chi connectivity index (χ4n) is 4.34. The van der Waals surface area contributed by atoms with E-state index >= 15 is 0 Å². The van der Waals surface area contributed by atoms with Gasteiger partial charge in [-0.15, -0.1) is 0 Å². The lowest BCUT2D eigenvalue weighted by molar-refractivity contribution is -0.121. The first kappa shape index (κ1) is 24.1. The van der Waals surface area contributed by atoms with Crippen LogP contribution in [0.15, 0.2) is 95.9 Å². The molecular formula is C27H31N3O3S. The highest BCUT2D eigenvalue weighted by molar-refractivity contribution is 7.89. The van der Waals surface area contributed by atoms with Crippen molar-refractivity contribution in [2.24, 2.45) is 0 Å². The van der Waals surface area contributed by atoms with E-state index in [0.717, 1.165) is 11.1 Å². The molecule has 1 saturated heterocycles. The predicted molar refractivity (Wildman–Crippen MR) is 134 cm³/mol. The molecule has 1 fully saturated rings. The highest BCUT2D eigenvalue weighted by atomic mass is 32.2. The first-order valence-electron chi connectivity index (χ1n) is 11.7. The molecule has 1 aliphatic rings. The molecule has 1 aliphatic heterocycles. The fourth-order valence-corrected chi connectivity index (χ4v) is 5.79. The van der Waals surface area contributed by atoms with E-state index in [4.69, 9.17) is 0 Å². The maximum absolute atomic E-state index is 12.8. The molecule has 3 aromatic rings. The van der Waals surface area contributed by atoms with Crippen molar-refractivity contribution in [2.45, 2.75) is 17.2 Å². The Bertz CT molecular complexity index is 1110. The van der Waals surface area contributed by atoms with Gasteiger partial charge in [0.25, 0.3) is 0 Å². The van der Waals surface area contributed by atoms with E-state index in [1.54, 1.807) is 28.6 Å². The van der Waals surface area contributed by atoms with Gasteiger partial charge in [-0.25, -0.2) is 8.42 Å². The van der Waals surface area contributed by atoms with Crippen LogP contribution in [-0.2, 0) is 14.8 Å². The minimum absolute atomic E-state index is 0.00846. The molecule has 4 rings (SSSR count). The van der Waals surface area contributed by atoms with Crippen molar-refractivity contribution in [3.63, 3.8) is 0 Å². The lowest BCUT2D eigenvalue weighted by Gasteiger charge is -2.34. The third-order valence-electron chi connectivity index (χ3n) is 6.26. The van der Waals surface area contributed by atoms with Crippen molar-refractivity contribution in [1.82, 2.24) is 14.5 Å². The van der Waals surface area contributed by atoms with E-state index in [1.165, 1.54) is 0 Å². The van der Waals surface area contributed by atoms with Crippen molar-refractivity contribution in [1.29, 1.82) is 0 Å². The molecule has 0 saturated carbocycles. The number of carbonyl (C=O) groups is 1. The van der Waals surface area contributed by atoms with Crippen molar-refractivity contribution in [2.75, 3.05) is 39.3 Å². The van der Waals surface area contributed by atoms with Crippen LogP contribution in [0.25, 0.3) is 0 Å². The Kier molecular flexibility index (Phi) is 8.11. The van der Waals surface area contributed by atoms with Crippen LogP contribution < -0.4 is 5.32 Å². The summed E-state index contributed by atoms with van der Waals surface area (Å²) in [7, 11) is -3.45. The lowest BCUT2D eigenvalue weighted by Crippen LogP contribution is -2.50. The second kappa shape index (κ2) is 11.4. The zero-order chi connectivity index (χ0) is 23.8. The maximum Gasteiger partial charge on any atom is 0.243 e. The van der Waals surface area contributed by atoms with Crippen LogP contribution in [0.2, 0.25) is 0 Å². The van der Waals surface area contributed by atoms with Crippen molar-refractivity contribution < 1.29 is 13.2 Å². The number of sulfonamides is 1. The highest BCUT2D eigenvalue weighted by Gasteiger charge is 2.28. The van der Waals surface area contributed by atoms with E-state index in [0.29, 0.717) is 50.6 Å². The maximum atomic E-state index is 12.8. The third-order valence-corrected chi connectivity index (χ3v) is 8.17. The zero-order valence-corrected chi connectivity index (χ0v) is 20.0. The van der Waals surface area contributed by atoms with Gasteiger partial charge >= 0.3 is 0 Å². The summed E-state index contributed by atoms with van der Waals surface area (Å²) < 4.78 is 27.1. The van der Waals surface area contributed by atoms with Crippen molar-refractivity contribution in [3.05, 3.63) is 102 Å². The topological polar surface area (TPSA) is 69.7 Å². The Morgan fingerprint density at radius 1 is 0.765 bits per heavy atom. The summed E-state index contributed by atoms with van der Waals surface area (Å²) in [6.07, 6.45) is 0.386. The Hall–Kier alpha value is -3.00. The van der Waals surface area contributed by atoms with Crippen molar-refractivity contribution >= 4 is 15.9 Å². The van der Waals surface area contributed by atoms with Gasteiger partial charge in [-0.05, 0) is 23.3 Å². The number of amides is 1. The number of piperazine rings is 1. The van der Waals surface area contributed by atoms with Gasteiger partial charge in [-0.1, -0.05) is 78.9 Å². The second-order valence-corrected chi connectivity index (χ2v) is 10.4. The summed E-state index contributed by atoms with van der Waals surface area (Å²) in [5, 5.41) is 3.05. The van der Waals surface area contributed by atoms with Gasteiger partial charge in [0.05, 0.1) is 4.90 Å². The first-order valence-corrected chi connectivity index (χ1v) is 13.1. The van der Waals surface area contributed by atoms with Crippen LogP contribution in [0.4, 0.5) is 0 Å². The zero-order valence-electron chi connectivity index (χ0n) is 19.2. The predicted octanol–water partition coefficient (Wildman–Crippen LogP) is 3.33. The smallest absolute Gasteiger partial charge is 0.243 e. The summed E-state index contributed by atoms with van der Waals surface area (Å²) in [4.78, 5) is 15.3. The fraction of sp³-hybridized carbons (Fsp3) is 0.296. The molecule has 0 unspecified atom stereocenters. The molecule has 0 aromatic heterocycles. The Morgan fingerprint density at radius 2 is 1.26 bits per heavy atom. The standard InChI is InChI=1S/C27H31N3O3S/c31-27(22-26(23-10-4-1-5-11-23)24-12-6-2-7-13-24)28-16-17-29-18-20-30(21-19-29)34(32,33)25-14-8-3-9-15-25/h1-15,26H,16-22H2,(H,28,31). The molecular weight excluding hydrogens is 446 g/mol. The summed E-state index contributed by atoms with van der Waals surface area (Å²) in [6.45, 7) is 3.45. The molecule has 1 heterocycles. The summed E-state index contributed by atoms with van der Waals surface area (Å²) >= 11 is 0. The summed E-state index contributed by atoms with van der Waals surface area (Å²) in [6, 6.07) is 28.8. The molecule has 6 nitrogen and oxygen atoms in total. The molecule has 0 atom stereocenters. The number of carbonyl (C=O) groups excluding carboxylic acids is 1. The molecule has 0 spiro atoms. The minimum atomic E-state index is -3.45. The van der Waals surface area contributed by atoms with Gasteiger partial charge in [0.2, 0.25) is 15.9 Å². The van der Waals surface area contributed by atoms with Crippen LogP contribution in [0, 0.1) is 0 Å². The van der Waals surface area contributed by atoms with Crippen LogP contribution in [-0.4, -0.2) is 62.8 Å². The van der Waals surface area contributed by atoms with E-state index < -0.39 is 10.0 Å². The van der Waals surface area contributed by atoms with Gasteiger partial charge < -0.3 is 5.32 Å². The van der Waals surface area contributed by atoms with Crippen molar-refractivity contribution in [3.8, 4) is 0 Å². The van der Waals surface area contributed by atoms with Gasteiger partial charge in [0, 0.05) is 51.6 Å². The Morgan fingerprint density at radius 3 is 1.79 bits per heavy atom. The minimum Gasteiger partial charge on any atom is -0.355 e. The third kappa shape index (κ3) is 6.11. The van der Waals surface area contributed by atoms with E-state index in [2.05, 4.69) is 34.5 Å². The number of rotatable bonds is 9. The monoisotopic (exact) mass is 477 g/mol. The normalized spacial score (nSPS) is 15.3.